The third-order valence-corrected chi connectivity index (χ3v) is 3.31. The van der Waals surface area contributed by atoms with E-state index in [-0.39, 0.29) is 6.61 Å². The highest BCUT2D eigenvalue weighted by molar-refractivity contribution is 5.80. The summed E-state index contributed by atoms with van der Waals surface area (Å²) in [5, 5.41) is 8.77. The van der Waals surface area contributed by atoms with Crippen molar-refractivity contribution < 1.29 is 9.90 Å². The van der Waals surface area contributed by atoms with Crippen LogP contribution >= 0.6 is 0 Å². The minimum Gasteiger partial charge on any atom is -0.396 e. The van der Waals surface area contributed by atoms with E-state index in [2.05, 4.69) is 16.7 Å². The van der Waals surface area contributed by atoms with E-state index in [1.54, 1.807) is 0 Å². The molecule has 0 aromatic carbocycles. The molecular formula is C13H26N2O2. The quantitative estimate of drug-likeness (QED) is 0.682. The van der Waals surface area contributed by atoms with E-state index in [1.165, 1.54) is 0 Å². The fraction of sp³-hybridized carbons (Fsp3) is 0.923. The van der Waals surface area contributed by atoms with Gasteiger partial charge >= 0.3 is 0 Å². The van der Waals surface area contributed by atoms with Gasteiger partial charge in [-0.25, -0.2) is 0 Å². The topological polar surface area (TPSA) is 43.8 Å². The van der Waals surface area contributed by atoms with Crippen molar-refractivity contribution >= 4 is 5.78 Å². The number of rotatable bonds is 8. The second-order valence-corrected chi connectivity index (χ2v) is 4.84. The molecule has 1 aliphatic rings. The minimum absolute atomic E-state index is 0.274. The van der Waals surface area contributed by atoms with Crippen LogP contribution in [-0.2, 0) is 4.79 Å². The molecule has 0 bridgehead atoms. The summed E-state index contributed by atoms with van der Waals surface area (Å²) in [5.41, 5.74) is 0. The molecule has 0 amide bonds. The van der Waals surface area contributed by atoms with E-state index in [4.69, 9.17) is 5.11 Å². The highest BCUT2D eigenvalue weighted by atomic mass is 16.3. The van der Waals surface area contributed by atoms with Gasteiger partial charge in [-0.3, -0.25) is 9.69 Å². The van der Waals surface area contributed by atoms with Crippen LogP contribution in [0.2, 0.25) is 0 Å². The molecule has 4 heteroatoms. The molecule has 0 aromatic rings. The first kappa shape index (κ1) is 14.6. The van der Waals surface area contributed by atoms with Crippen LogP contribution in [0, 0.1) is 0 Å². The van der Waals surface area contributed by atoms with Crippen molar-refractivity contribution in [3.8, 4) is 0 Å². The molecular weight excluding hydrogens is 216 g/mol. The molecule has 0 radical (unpaired) electrons. The minimum atomic E-state index is 0.274. The summed E-state index contributed by atoms with van der Waals surface area (Å²) in [5.74, 6) is 0.385. The van der Waals surface area contributed by atoms with Gasteiger partial charge in [-0.2, -0.15) is 0 Å². The molecule has 0 aliphatic carbocycles. The zero-order chi connectivity index (χ0) is 12.5. The maximum Gasteiger partial charge on any atom is 0.146 e. The number of nitrogens with zero attached hydrogens (tertiary/aromatic N) is 2. The van der Waals surface area contributed by atoms with Gasteiger partial charge in [0.2, 0.25) is 0 Å². The van der Waals surface area contributed by atoms with Crippen LogP contribution < -0.4 is 0 Å². The van der Waals surface area contributed by atoms with E-state index >= 15 is 0 Å². The molecule has 0 spiro atoms. The Morgan fingerprint density at radius 3 is 2.35 bits per heavy atom. The van der Waals surface area contributed by atoms with E-state index in [1.807, 2.05) is 0 Å². The Morgan fingerprint density at radius 2 is 1.76 bits per heavy atom. The largest absolute Gasteiger partial charge is 0.396 e. The second kappa shape index (κ2) is 8.61. The van der Waals surface area contributed by atoms with E-state index in [0.717, 1.165) is 58.4 Å². The molecule has 1 N–H and O–H groups in total. The van der Waals surface area contributed by atoms with Crippen LogP contribution in [0.3, 0.4) is 0 Å². The van der Waals surface area contributed by atoms with Gasteiger partial charge in [-0.15, -0.1) is 0 Å². The molecule has 0 unspecified atom stereocenters. The number of Topliss-reactive ketones (excluding diaryl/α,β-unsaturated/α-hetero) is 1. The van der Waals surface area contributed by atoms with Crippen molar-refractivity contribution in [2.45, 2.75) is 32.6 Å². The van der Waals surface area contributed by atoms with E-state index in [0.29, 0.717) is 12.3 Å². The normalized spacial score (nSPS) is 18.5. The summed E-state index contributed by atoms with van der Waals surface area (Å²) in [4.78, 5) is 16.3. The summed E-state index contributed by atoms with van der Waals surface area (Å²) in [6.45, 7) is 8.04. The summed E-state index contributed by atoms with van der Waals surface area (Å²) in [7, 11) is 0. The van der Waals surface area contributed by atoms with Gasteiger partial charge in [0, 0.05) is 45.8 Å². The van der Waals surface area contributed by atoms with Crippen LogP contribution in [0.25, 0.3) is 0 Å². The third kappa shape index (κ3) is 6.15. The lowest BCUT2D eigenvalue weighted by molar-refractivity contribution is -0.120. The van der Waals surface area contributed by atoms with Crippen molar-refractivity contribution in [3.05, 3.63) is 0 Å². The van der Waals surface area contributed by atoms with Crippen LogP contribution in [0.15, 0.2) is 0 Å². The van der Waals surface area contributed by atoms with Gasteiger partial charge in [-0.05, 0) is 12.8 Å². The zero-order valence-electron chi connectivity index (χ0n) is 11.0. The highest BCUT2D eigenvalue weighted by Crippen LogP contribution is 2.04. The van der Waals surface area contributed by atoms with Crippen molar-refractivity contribution in [1.29, 1.82) is 0 Å². The first-order valence-electron chi connectivity index (χ1n) is 6.83. The summed E-state index contributed by atoms with van der Waals surface area (Å²) >= 11 is 0. The first-order chi connectivity index (χ1) is 8.26. The predicted octanol–water partition coefficient (Wildman–Crippen LogP) is 0.746. The number of unbranched alkanes of at least 4 members (excludes halogenated alkanes) is 1. The smallest absolute Gasteiger partial charge is 0.146 e. The molecule has 1 heterocycles. The van der Waals surface area contributed by atoms with Crippen molar-refractivity contribution in [3.63, 3.8) is 0 Å². The number of ketones is 1. The highest BCUT2D eigenvalue weighted by Gasteiger charge is 2.17. The van der Waals surface area contributed by atoms with Gasteiger partial charge in [0.25, 0.3) is 0 Å². The van der Waals surface area contributed by atoms with Crippen molar-refractivity contribution in [2.75, 3.05) is 45.9 Å². The van der Waals surface area contributed by atoms with Gasteiger partial charge in [0.1, 0.15) is 5.78 Å². The fourth-order valence-corrected chi connectivity index (χ4v) is 2.17. The average Bonchev–Trinajstić information content (AvgIpc) is 2.35. The number of hydrogen-bond donors (Lipinski definition) is 1. The molecule has 1 fully saturated rings. The number of carbonyl (C=O) groups excluding carboxylic acids is 1. The van der Waals surface area contributed by atoms with Crippen molar-refractivity contribution in [1.82, 2.24) is 9.80 Å². The number of aliphatic hydroxyl groups is 1. The molecule has 17 heavy (non-hydrogen) atoms. The van der Waals surface area contributed by atoms with Gasteiger partial charge < -0.3 is 10.0 Å². The Kier molecular flexibility index (Phi) is 7.40. The maximum absolute atomic E-state index is 11.6. The molecule has 0 saturated carbocycles. The number of aliphatic hydroxyl groups excluding tert-OH is 1. The van der Waals surface area contributed by atoms with E-state index < -0.39 is 0 Å². The molecule has 0 aromatic heterocycles. The van der Waals surface area contributed by atoms with Crippen LogP contribution in [0.4, 0.5) is 0 Å². The van der Waals surface area contributed by atoms with Crippen molar-refractivity contribution in [2.24, 2.45) is 0 Å². The Morgan fingerprint density at radius 1 is 1.12 bits per heavy atom. The Balaban J connectivity index is 2.12. The number of hydrogen-bond acceptors (Lipinski definition) is 4. The molecule has 0 atom stereocenters. The number of piperazine rings is 1. The lowest BCUT2D eigenvalue weighted by Crippen LogP contribution is -2.48. The van der Waals surface area contributed by atoms with Crippen LogP contribution in [-0.4, -0.2) is 66.6 Å². The predicted molar refractivity (Wildman–Crippen MR) is 69.1 cm³/mol. The SMILES string of the molecule is CCCCC(=O)CN1CCN(CCCO)CC1. The van der Waals surface area contributed by atoms with Gasteiger partial charge in [0.15, 0.2) is 0 Å². The monoisotopic (exact) mass is 242 g/mol. The summed E-state index contributed by atoms with van der Waals surface area (Å²) in [6, 6.07) is 0. The van der Waals surface area contributed by atoms with Gasteiger partial charge in [-0.1, -0.05) is 13.3 Å². The Hall–Kier alpha value is -0.450. The Labute approximate surface area is 105 Å². The average molecular weight is 242 g/mol. The summed E-state index contributed by atoms with van der Waals surface area (Å²) in [6.07, 6.45) is 3.71. The lowest BCUT2D eigenvalue weighted by Gasteiger charge is -2.34. The molecule has 1 rings (SSSR count). The second-order valence-electron chi connectivity index (χ2n) is 4.84. The van der Waals surface area contributed by atoms with Gasteiger partial charge in [0.05, 0.1) is 6.54 Å². The van der Waals surface area contributed by atoms with Crippen LogP contribution in [0.5, 0.6) is 0 Å². The third-order valence-electron chi connectivity index (χ3n) is 3.31. The molecule has 4 nitrogen and oxygen atoms in total. The molecule has 1 saturated heterocycles. The fourth-order valence-electron chi connectivity index (χ4n) is 2.17. The molecule has 100 valence electrons. The lowest BCUT2D eigenvalue weighted by atomic mass is 10.1. The standard InChI is InChI=1S/C13H26N2O2/c1-2-3-5-13(17)12-15-9-7-14(8-10-15)6-4-11-16/h16H,2-12H2,1H3. The van der Waals surface area contributed by atoms with Crippen LogP contribution in [0.1, 0.15) is 32.6 Å². The first-order valence-corrected chi connectivity index (χ1v) is 6.83. The Bertz CT molecular complexity index is 213. The summed E-state index contributed by atoms with van der Waals surface area (Å²) < 4.78 is 0. The van der Waals surface area contributed by atoms with E-state index in [9.17, 15) is 4.79 Å². The number of carbonyl (C=O) groups is 1. The zero-order valence-corrected chi connectivity index (χ0v) is 11.0. The maximum atomic E-state index is 11.6. The molecule has 1 aliphatic heterocycles.